The highest BCUT2D eigenvalue weighted by Gasteiger charge is 2.04. The van der Waals surface area contributed by atoms with Crippen molar-refractivity contribution in [1.82, 2.24) is 9.78 Å². The van der Waals surface area contributed by atoms with Gasteiger partial charge in [-0.05, 0) is 30.2 Å². The molecule has 0 bridgehead atoms. The summed E-state index contributed by atoms with van der Waals surface area (Å²) in [5, 5.41) is 13.8. The minimum Gasteiger partial charge on any atom is -0.492 e. The standard InChI is InChI=1S/C14H18N2O2/c1-2-14(17)12-4-6-13(7-5-12)18-11-10-16-9-3-8-15-16/h3-9,14,17H,2,10-11H2,1H3/t14-/m1/s1. The Labute approximate surface area is 107 Å². The van der Waals surface area contributed by atoms with E-state index in [1.165, 1.54) is 0 Å². The van der Waals surface area contributed by atoms with Crippen molar-refractivity contribution >= 4 is 0 Å². The molecule has 2 rings (SSSR count). The minimum absolute atomic E-state index is 0.386. The number of hydrogen-bond acceptors (Lipinski definition) is 3. The summed E-state index contributed by atoms with van der Waals surface area (Å²) in [5.74, 6) is 0.814. The summed E-state index contributed by atoms with van der Waals surface area (Å²) in [4.78, 5) is 0. The second-order valence-corrected chi connectivity index (χ2v) is 4.11. The lowest BCUT2D eigenvalue weighted by atomic mass is 10.1. The van der Waals surface area contributed by atoms with E-state index in [9.17, 15) is 5.11 Å². The van der Waals surface area contributed by atoms with Gasteiger partial charge in [-0.15, -0.1) is 0 Å². The van der Waals surface area contributed by atoms with Crippen LogP contribution in [0, 0.1) is 0 Å². The Morgan fingerprint density at radius 1 is 1.33 bits per heavy atom. The van der Waals surface area contributed by atoms with Gasteiger partial charge in [0.1, 0.15) is 12.4 Å². The Bertz CT molecular complexity index is 451. The molecule has 4 heteroatoms. The van der Waals surface area contributed by atoms with Gasteiger partial charge in [-0.2, -0.15) is 5.10 Å². The summed E-state index contributed by atoms with van der Waals surface area (Å²) >= 11 is 0. The summed E-state index contributed by atoms with van der Waals surface area (Å²) in [5.41, 5.74) is 0.928. The van der Waals surface area contributed by atoms with Gasteiger partial charge in [0.15, 0.2) is 0 Å². The molecule has 18 heavy (non-hydrogen) atoms. The van der Waals surface area contributed by atoms with Crippen LogP contribution >= 0.6 is 0 Å². The Kier molecular flexibility index (Phi) is 4.36. The van der Waals surface area contributed by atoms with E-state index < -0.39 is 0 Å². The largest absolute Gasteiger partial charge is 0.492 e. The molecular formula is C14H18N2O2. The van der Waals surface area contributed by atoms with Gasteiger partial charge in [-0.25, -0.2) is 0 Å². The molecule has 0 unspecified atom stereocenters. The van der Waals surface area contributed by atoms with E-state index in [2.05, 4.69) is 5.10 Å². The third-order valence-corrected chi connectivity index (χ3v) is 2.80. The normalized spacial score (nSPS) is 12.3. The molecule has 1 aromatic carbocycles. The van der Waals surface area contributed by atoms with Crippen LogP contribution < -0.4 is 4.74 Å². The highest BCUT2D eigenvalue weighted by Crippen LogP contribution is 2.19. The molecule has 0 saturated heterocycles. The highest BCUT2D eigenvalue weighted by atomic mass is 16.5. The van der Waals surface area contributed by atoms with Gasteiger partial charge in [0, 0.05) is 12.4 Å². The van der Waals surface area contributed by atoms with E-state index in [-0.39, 0.29) is 6.10 Å². The van der Waals surface area contributed by atoms with Crippen molar-refractivity contribution in [1.29, 1.82) is 0 Å². The van der Waals surface area contributed by atoms with E-state index in [4.69, 9.17) is 4.74 Å². The first kappa shape index (κ1) is 12.6. The second-order valence-electron chi connectivity index (χ2n) is 4.11. The predicted octanol–water partition coefficient (Wildman–Crippen LogP) is 2.41. The average Bonchev–Trinajstić information content (AvgIpc) is 2.92. The van der Waals surface area contributed by atoms with Crippen LogP contribution in [-0.4, -0.2) is 21.5 Å². The molecule has 1 atom stereocenters. The molecule has 1 heterocycles. The second kappa shape index (κ2) is 6.21. The monoisotopic (exact) mass is 246 g/mol. The summed E-state index contributed by atoms with van der Waals surface area (Å²) in [6.07, 6.45) is 3.99. The molecule has 0 amide bonds. The lowest BCUT2D eigenvalue weighted by Gasteiger charge is -2.10. The van der Waals surface area contributed by atoms with Crippen molar-refractivity contribution in [2.45, 2.75) is 26.0 Å². The number of ether oxygens (including phenoxy) is 1. The van der Waals surface area contributed by atoms with E-state index in [0.29, 0.717) is 6.61 Å². The van der Waals surface area contributed by atoms with Crippen LogP contribution in [0.4, 0.5) is 0 Å². The zero-order valence-electron chi connectivity index (χ0n) is 10.5. The summed E-state index contributed by atoms with van der Waals surface area (Å²) in [6.45, 7) is 3.27. The van der Waals surface area contributed by atoms with Crippen LogP contribution in [-0.2, 0) is 6.54 Å². The van der Waals surface area contributed by atoms with Crippen LogP contribution in [0.3, 0.4) is 0 Å². The number of hydrogen-bond donors (Lipinski definition) is 1. The van der Waals surface area contributed by atoms with Crippen LogP contribution in [0.5, 0.6) is 5.75 Å². The smallest absolute Gasteiger partial charge is 0.119 e. The zero-order valence-corrected chi connectivity index (χ0v) is 10.5. The SMILES string of the molecule is CC[C@@H](O)c1ccc(OCCn2cccn2)cc1. The Hall–Kier alpha value is -1.81. The van der Waals surface area contributed by atoms with Crippen molar-refractivity contribution in [3.8, 4) is 5.75 Å². The Morgan fingerprint density at radius 2 is 2.11 bits per heavy atom. The molecule has 0 radical (unpaired) electrons. The van der Waals surface area contributed by atoms with Crippen molar-refractivity contribution in [3.05, 3.63) is 48.3 Å². The van der Waals surface area contributed by atoms with E-state index in [1.807, 2.05) is 48.1 Å². The predicted molar refractivity (Wildman–Crippen MR) is 69.4 cm³/mol. The van der Waals surface area contributed by atoms with Crippen LogP contribution in [0.15, 0.2) is 42.7 Å². The molecule has 0 aliphatic carbocycles. The molecule has 2 aromatic rings. The highest BCUT2D eigenvalue weighted by molar-refractivity contribution is 5.28. The van der Waals surface area contributed by atoms with Crippen molar-refractivity contribution in [2.24, 2.45) is 0 Å². The minimum atomic E-state index is -0.386. The van der Waals surface area contributed by atoms with Crippen LogP contribution in [0.25, 0.3) is 0 Å². The molecule has 96 valence electrons. The van der Waals surface area contributed by atoms with Crippen molar-refractivity contribution in [2.75, 3.05) is 6.61 Å². The molecular weight excluding hydrogens is 228 g/mol. The fourth-order valence-corrected chi connectivity index (χ4v) is 1.71. The van der Waals surface area contributed by atoms with Gasteiger partial charge in [0.05, 0.1) is 12.6 Å². The molecule has 0 saturated carbocycles. The molecule has 0 fully saturated rings. The number of nitrogens with zero attached hydrogens (tertiary/aromatic N) is 2. The summed E-state index contributed by atoms with van der Waals surface area (Å²) in [6, 6.07) is 9.46. The average molecular weight is 246 g/mol. The molecule has 4 nitrogen and oxygen atoms in total. The quantitative estimate of drug-likeness (QED) is 0.851. The number of aliphatic hydroxyl groups is 1. The molecule has 0 aliphatic heterocycles. The Balaban J connectivity index is 1.83. The van der Waals surface area contributed by atoms with Crippen molar-refractivity contribution in [3.63, 3.8) is 0 Å². The van der Waals surface area contributed by atoms with E-state index in [0.717, 1.165) is 24.3 Å². The first-order chi connectivity index (χ1) is 8.79. The van der Waals surface area contributed by atoms with Crippen molar-refractivity contribution < 1.29 is 9.84 Å². The van der Waals surface area contributed by atoms with Gasteiger partial charge in [-0.3, -0.25) is 4.68 Å². The van der Waals surface area contributed by atoms with E-state index in [1.54, 1.807) is 6.20 Å². The maximum Gasteiger partial charge on any atom is 0.119 e. The molecule has 1 N–H and O–H groups in total. The number of aliphatic hydroxyl groups excluding tert-OH is 1. The van der Waals surface area contributed by atoms with Gasteiger partial charge < -0.3 is 9.84 Å². The van der Waals surface area contributed by atoms with Gasteiger partial charge in [0.2, 0.25) is 0 Å². The third kappa shape index (κ3) is 3.34. The lowest BCUT2D eigenvalue weighted by molar-refractivity contribution is 0.173. The fraction of sp³-hybridized carbons (Fsp3) is 0.357. The Morgan fingerprint density at radius 3 is 2.72 bits per heavy atom. The van der Waals surface area contributed by atoms with Crippen LogP contribution in [0.1, 0.15) is 25.0 Å². The van der Waals surface area contributed by atoms with Gasteiger partial charge in [-0.1, -0.05) is 19.1 Å². The number of rotatable bonds is 6. The zero-order chi connectivity index (χ0) is 12.8. The molecule has 1 aromatic heterocycles. The first-order valence-electron chi connectivity index (χ1n) is 6.18. The fourth-order valence-electron chi connectivity index (χ4n) is 1.71. The molecule has 0 spiro atoms. The number of benzene rings is 1. The maximum atomic E-state index is 9.67. The summed E-state index contributed by atoms with van der Waals surface area (Å²) < 4.78 is 7.43. The van der Waals surface area contributed by atoms with Gasteiger partial charge >= 0.3 is 0 Å². The maximum absolute atomic E-state index is 9.67. The topological polar surface area (TPSA) is 47.3 Å². The number of aromatic nitrogens is 2. The first-order valence-corrected chi connectivity index (χ1v) is 6.18. The van der Waals surface area contributed by atoms with Crippen LogP contribution in [0.2, 0.25) is 0 Å². The lowest BCUT2D eigenvalue weighted by Crippen LogP contribution is -2.08. The molecule has 0 aliphatic rings. The third-order valence-electron chi connectivity index (χ3n) is 2.80. The van der Waals surface area contributed by atoms with Gasteiger partial charge in [0.25, 0.3) is 0 Å². The summed E-state index contributed by atoms with van der Waals surface area (Å²) in [7, 11) is 0. The van der Waals surface area contributed by atoms with E-state index >= 15 is 0 Å².